The van der Waals surface area contributed by atoms with Crippen molar-refractivity contribution in [3.63, 3.8) is 0 Å². The van der Waals surface area contributed by atoms with Gasteiger partial charge in [0.2, 0.25) is 10.0 Å². The molecule has 7 nitrogen and oxygen atoms in total. The molecule has 0 aromatic heterocycles. The highest BCUT2D eigenvalue weighted by molar-refractivity contribution is 7.90. The van der Waals surface area contributed by atoms with E-state index in [0.717, 1.165) is 62.2 Å². The molecule has 2 bridgehead atoms. The molecular weight excluding hydrogens is 596 g/mol. The third kappa shape index (κ3) is 6.14. The van der Waals surface area contributed by atoms with Gasteiger partial charge >= 0.3 is 0 Å². The molecule has 0 saturated heterocycles. The normalized spacial score (nSPS) is 32.3. The number of sulfonamides is 1. The number of aliphatic hydroxyl groups excluding tert-OH is 1. The van der Waals surface area contributed by atoms with Crippen molar-refractivity contribution in [3.05, 3.63) is 70.3 Å². The number of carbonyl (C=O) groups excluding carboxylic acids is 1. The maximum absolute atomic E-state index is 13.6. The summed E-state index contributed by atoms with van der Waals surface area (Å²) >= 11 is 6.40. The Bertz CT molecular complexity index is 1530. The Labute approximate surface area is 267 Å². The summed E-state index contributed by atoms with van der Waals surface area (Å²) in [5.41, 5.74) is 3.35. The molecule has 1 spiro atoms. The molecule has 4 aliphatic rings. The highest BCUT2D eigenvalue weighted by Crippen LogP contribution is 2.46. The summed E-state index contributed by atoms with van der Waals surface area (Å²) in [6.07, 6.45) is 10.8. The van der Waals surface area contributed by atoms with Gasteiger partial charge in [-0.3, -0.25) is 4.79 Å². The van der Waals surface area contributed by atoms with E-state index in [-0.39, 0.29) is 23.2 Å². The van der Waals surface area contributed by atoms with Crippen LogP contribution < -0.4 is 14.4 Å². The van der Waals surface area contributed by atoms with Crippen LogP contribution in [0.15, 0.2) is 48.6 Å². The predicted octanol–water partition coefficient (Wildman–Crippen LogP) is 6.41. The maximum Gasteiger partial charge on any atom is 0.264 e. The van der Waals surface area contributed by atoms with Crippen molar-refractivity contribution in [2.24, 2.45) is 17.8 Å². The number of nitrogens with zero attached hydrogens (tertiary/aromatic N) is 1. The number of aryl methyl sites for hydroxylation is 1. The number of unbranched alkanes of at least 4 members (excludes halogenated alkanes) is 1. The molecule has 2 N–H and O–H groups in total. The topological polar surface area (TPSA) is 95.9 Å². The Hall–Kier alpha value is -2.55. The van der Waals surface area contributed by atoms with Gasteiger partial charge in [0.1, 0.15) is 5.75 Å². The Morgan fingerprint density at radius 2 is 2.02 bits per heavy atom. The van der Waals surface area contributed by atoms with E-state index in [1.54, 1.807) is 12.1 Å². The van der Waals surface area contributed by atoms with E-state index in [1.807, 2.05) is 38.1 Å². The van der Waals surface area contributed by atoms with E-state index in [4.69, 9.17) is 16.3 Å². The molecule has 2 aromatic rings. The minimum absolute atomic E-state index is 0.126. The minimum atomic E-state index is -3.94. The zero-order chi connectivity index (χ0) is 31.1. The second-order valence-electron chi connectivity index (χ2n) is 13.6. The number of hydrogen-bond donors (Lipinski definition) is 2. The number of amides is 1. The van der Waals surface area contributed by atoms with Crippen LogP contribution in [0.3, 0.4) is 0 Å². The molecule has 1 amide bonds. The lowest BCUT2D eigenvalue weighted by molar-refractivity contribution is 0.0455. The molecule has 44 heavy (non-hydrogen) atoms. The van der Waals surface area contributed by atoms with Crippen LogP contribution in [-0.4, -0.2) is 50.5 Å². The summed E-state index contributed by atoms with van der Waals surface area (Å²) in [7, 11) is -3.94. The van der Waals surface area contributed by atoms with Gasteiger partial charge in [0, 0.05) is 29.1 Å². The molecule has 2 heterocycles. The first kappa shape index (κ1) is 31.4. The first-order chi connectivity index (χ1) is 21.1. The second kappa shape index (κ2) is 12.7. The second-order valence-corrected chi connectivity index (χ2v) is 15.9. The van der Waals surface area contributed by atoms with Gasteiger partial charge in [0.15, 0.2) is 0 Å². The van der Waals surface area contributed by atoms with Crippen LogP contribution in [0.4, 0.5) is 5.69 Å². The summed E-state index contributed by atoms with van der Waals surface area (Å²) in [5.74, 6) is 0.278. The van der Waals surface area contributed by atoms with Crippen molar-refractivity contribution < 1.29 is 23.1 Å². The van der Waals surface area contributed by atoms with Crippen molar-refractivity contribution in [3.8, 4) is 5.75 Å². The monoisotopic (exact) mass is 640 g/mol. The van der Waals surface area contributed by atoms with E-state index in [0.29, 0.717) is 37.3 Å². The molecule has 2 aliphatic carbocycles. The molecule has 0 radical (unpaired) electrons. The highest BCUT2D eigenvalue weighted by Gasteiger charge is 2.44. The predicted molar refractivity (Wildman–Crippen MR) is 175 cm³/mol. The number of fused-ring (bicyclic) bond motifs is 4. The smallest absolute Gasteiger partial charge is 0.264 e. The summed E-state index contributed by atoms with van der Waals surface area (Å²) in [6.45, 7) is 5.87. The fourth-order valence-electron chi connectivity index (χ4n) is 7.95. The number of halogens is 1. The van der Waals surface area contributed by atoms with E-state index in [2.05, 4.69) is 21.8 Å². The quantitative estimate of drug-likeness (QED) is 0.376. The van der Waals surface area contributed by atoms with Crippen molar-refractivity contribution in [1.82, 2.24) is 4.72 Å². The van der Waals surface area contributed by atoms with Crippen LogP contribution >= 0.6 is 11.6 Å². The summed E-state index contributed by atoms with van der Waals surface area (Å²) in [5, 5.41) is 11.3. The number of benzene rings is 2. The van der Waals surface area contributed by atoms with Crippen LogP contribution in [0, 0.1) is 17.8 Å². The van der Waals surface area contributed by atoms with Gasteiger partial charge in [-0.05, 0) is 104 Å². The Morgan fingerprint density at radius 1 is 1.18 bits per heavy atom. The molecule has 9 heteroatoms. The lowest BCUT2D eigenvalue weighted by Crippen LogP contribution is -2.49. The fraction of sp³-hybridized carbons (Fsp3) is 0.571. The third-order valence-electron chi connectivity index (χ3n) is 10.6. The standard InChI is InChI=1S/C35H45ClN2O5S/c1-3-4-10-33-23(2)7-5-9-31(39)28-14-11-26(28)20-38-21-35(17-6-8-24-18-27(36)13-15-29(24)35)22-43-32-16-12-25(19-30(32)38)34(40)37-44(33,41)42/h5,9,12-13,15-16,18-19,23,26,28,31,33,39H,3-4,6-8,10-11,14,17,20-22H2,1-2H3,(H,37,40)/b9-5+/t23-,26+,28-,31+,33?,35+/m1/s1. The lowest BCUT2D eigenvalue weighted by atomic mass is 9.68. The van der Waals surface area contributed by atoms with E-state index < -0.39 is 27.3 Å². The first-order valence-corrected chi connectivity index (χ1v) is 18.2. The number of aliphatic hydroxyl groups is 1. The summed E-state index contributed by atoms with van der Waals surface area (Å²) < 4.78 is 36.2. The third-order valence-corrected chi connectivity index (χ3v) is 12.8. The van der Waals surface area contributed by atoms with Gasteiger partial charge in [-0.25, -0.2) is 13.1 Å². The van der Waals surface area contributed by atoms with Crippen molar-refractivity contribution in [2.45, 2.75) is 88.4 Å². The molecule has 6 rings (SSSR count). The molecular formula is C35H45ClN2O5S. The molecule has 1 unspecified atom stereocenters. The van der Waals surface area contributed by atoms with Crippen molar-refractivity contribution >= 4 is 33.2 Å². The van der Waals surface area contributed by atoms with Crippen LogP contribution in [0.5, 0.6) is 5.75 Å². The Morgan fingerprint density at radius 3 is 2.80 bits per heavy atom. The van der Waals surface area contributed by atoms with E-state index in [9.17, 15) is 18.3 Å². The van der Waals surface area contributed by atoms with E-state index >= 15 is 0 Å². The van der Waals surface area contributed by atoms with Crippen LogP contribution in [0.1, 0.15) is 86.7 Å². The molecule has 2 aromatic carbocycles. The zero-order valence-electron chi connectivity index (χ0n) is 25.8. The van der Waals surface area contributed by atoms with Crippen molar-refractivity contribution in [1.29, 1.82) is 0 Å². The van der Waals surface area contributed by atoms with Crippen molar-refractivity contribution in [2.75, 3.05) is 24.6 Å². The average Bonchev–Trinajstić information content (AvgIpc) is 3.11. The maximum atomic E-state index is 13.6. The van der Waals surface area contributed by atoms with Gasteiger partial charge in [0.25, 0.3) is 5.91 Å². The van der Waals surface area contributed by atoms with Gasteiger partial charge in [-0.1, -0.05) is 56.5 Å². The van der Waals surface area contributed by atoms with Gasteiger partial charge < -0.3 is 14.7 Å². The molecule has 1 fully saturated rings. The number of nitrogens with one attached hydrogen (secondary N) is 1. The zero-order valence-corrected chi connectivity index (χ0v) is 27.4. The largest absolute Gasteiger partial charge is 0.490 e. The average molecular weight is 641 g/mol. The number of anilines is 1. The lowest BCUT2D eigenvalue weighted by Gasteiger charge is -2.45. The molecule has 2 aliphatic heterocycles. The molecule has 6 atom stereocenters. The number of hydrogen-bond acceptors (Lipinski definition) is 6. The van der Waals surface area contributed by atoms with Gasteiger partial charge in [-0.2, -0.15) is 0 Å². The summed E-state index contributed by atoms with van der Waals surface area (Å²) in [6, 6.07) is 11.5. The number of allylic oxidation sites excluding steroid dienone is 1. The fourth-order valence-corrected chi connectivity index (χ4v) is 9.87. The number of carbonyl (C=O) groups is 1. The Balaban J connectivity index is 1.41. The number of rotatable bonds is 3. The Kier molecular flexibility index (Phi) is 9.06. The summed E-state index contributed by atoms with van der Waals surface area (Å²) in [4.78, 5) is 15.9. The SMILES string of the molecule is CCCCC1[C@H](C)C/C=C/[C@H](O)[C@@H]2CC[C@H]2CN2C[C@@]3(CCCc4cc(Cl)ccc43)COc3ccc(cc32)C(=O)NS1(=O)=O. The van der Waals surface area contributed by atoms with Crippen LogP contribution in [-0.2, 0) is 21.9 Å². The van der Waals surface area contributed by atoms with Gasteiger partial charge in [-0.15, -0.1) is 0 Å². The first-order valence-electron chi connectivity index (χ1n) is 16.3. The number of ether oxygens (including phenoxy) is 1. The van der Waals surface area contributed by atoms with E-state index in [1.165, 1.54) is 11.1 Å². The minimum Gasteiger partial charge on any atom is -0.490 e. The van der Waals surface area contributed by atoms with Gasteiger partial charge in [0.05, 0.1) is 23.6 Å². The molecule has 238 valence electrons. The highest BCUT2D eigenvalue weighted by atomic mass is 35.5. The van der Waals surface area contributed by atoms with Crippen LogP contribution in [0.2, 0.25) is 5.02 Å². The molecule has 1 saturated carbocycles. The van der Waals surface area contributed by atoms with Crippen LogP contribution in [0.25, 0.3) is 0 Å².